The molecule has 2 amide bonds. The van der Waals surface area contributed by atoms with Crippen molar-refractivity contribution in [2.75, 3.05) is 14.1 Å². The first-order valence-corrected chi connectivity index (χ1v) is 10.8. The van der Waals surface area contributed by atoms with E-state index >= 15 is 0 Å². The van der Waals surface area contributed by atoms with Gasteiger partial charge >= 0.3 is 5.97 Å². The maximum Gasteiger partial charge on any atom is 0.308 e. The lowest BCUT2D eigenvalue weighted by Gasteiger charge is -2.24. The lowest BCUT2D eigenvalue weighted by molar-refractivity contribution is -0.146. The zero-order valence-corrected chi connectivity index (χ0v) is 18.9. The number of nitrogens with one attached hydrogen (secondary N) is 1. The molecular weight excluding hydrogens is 418 g/mol. The Hall–Kier alpha value is -3.71. The molecule has 3 rings (SSSR count). The molecule has 0 aliphatic carbocycles. The minimum Gasteiger partial charge on any atom is -0.461 e. The lowest BCUT2D eigenvalue weighted by atomic mass is 9.98. The summed E-state index contributed by atoms with van der Waals surface area (Å²) in [6.07, 6.45) is 0.0189. The first-order valence-electron chi connectivity index (χ1n) is 10.8. The number of nitrogens with two attached hydrogens (primary N) is 1. The fourth-order valence-corrected chi connectivity index (χ4v) is 3.55. The highest BCUT2D eigenvalue weighted by Crippen LogP contribution is 2.20. The van der Waals surface area contributed by atoms with Crippen molar-refractivity contribution >= 4 is 28.6 Å². The van der Waals surface area contributed by atoms with E-state index in [0.717, 1.165) is 21.9 Å². The summed E-state index contributed by atoms with van der Waals surface area (Å²) in [6, 6.07) is 21.0. The van der Waals surface area contributed by atoms with Crippen LogP contribution in [0.15, 0.2) is 72.8 Å². The van der Waals surface area contributed by atoms with Crippen LogP contribution in [-0.4, -0.2) is 48.9 Å². The van der Waals surface area contributed by atoms with Gasteiger partial charge in [0, 0.05) is 20.5 Å². The number of hydrogen-bond donors (Lipinski definition) is 2. The molecule has 0 heterocycles. The molecule has 172 valence electrons. The average Bonchev–Trinajstić information content (AvgIpc) is 2.82. The Balaban J connectivity index is 1.64. The number of benzene rings is 3. The topological polar surface area (TPSA) is 102 Å². The van der Waals surface area contributed by atoms with Crippen molar-refractivity contribution in [1.82, 2.24) is 10.2 Å². The summed E-state index contributed by atoms with van der Waals surface area (Å²) in [6.45, 7) is 0.108. The van der Waals surface area contributed by atoms with Crippen LogP contribution in [0.5, 0.6) is 0 Å². The molecule has 0 radical (unpaired) electrons. The Morgan fingerprint density at radius 1 is 0.939 bits per heavy atom. The molecule has 0 saturated heterocycles. The number of esters is 1. The number of fused-ring (bicyclic) bond motifs is 1. The van der Waals surface area contributed by atoms with E-state index in [4.69, 9.17) is 10.5 Å². The third kappa shape index (κ3) is 6.63. The Bertz CT molecular complexity index is 1110. The molecule has 3 aromatic rings. The van der Waals surface area contributed by atoms with E-state index < -0.39 is 24.0 Å². The number of likely N-dealkylation sites (N-methyl/N-ethyl adjacent to an activating group) is 1. The summed E-state index contributed by atoms with van der Waals surface area (Å²) < 4.78 is 5.21. The van der Waals surface area contributed by atoms with E-state index in [-0.39, 0.29) is 18.9 Å². The van der Waals surface area contributed by atoms with Gasteiger partial charge < -0.3 is 20.7 Å². The highest BCUT2D eigenvalue weighted by molar-refractivity contribution is 5.92. The van der Waals surface area contributed by atoms with Gasteiger partial charge in [0.25, 0.3) is 0 Å². The van der Waals surface area contributed by atoms with Crippen molar-refractivity contribution < 1.29 is 19.1 Å². The first-order chi connectivity index (χ1) is 15.8. The van der Waals surface area contributed by atoms with Gasteiger partial charge in [0.15, 0.2) is 0 Å². The van der Waals surface area contributed by atoms with Crippen molar-refractivity contribution in [2.45, 2.75) is 31.5 Å². The van der Waals surface area contributed by atoms with Gasteiger partial charge in [0.1, 0.15) is 12.6 Å². The number of hydrogen-bond acceptors (Lipinski definition) is 5. The fraction of sp³-hybridized carbons (Fsp3) is 0.269. The molecule has 33 heavy (non-hydrogen) atoms. The van der Waals surface area contributed by atoms with Crippen molar-refractivity contribution in [3.63, 3.8) is 0 Å². The van der Waals surface area contributed by atoms with Gasteiger partial charge in [0.2, 0.25) is 11.8 Å². The molecular formula is C26H29N3O4. The highest BCUT2D eigenvalue weighted by atomic mass is 16.5. The van der Waals surface area contributed by atoms with Crippen LogP contribution < -0.4 is 11.1 Å². The van der Waals surface area contributed by atoms with Gasteiger partial charge in [-0.05, 0) is 21.9 Å². The summed E-state index contributed by atoms with van der Waals surface area (Å²) in [5.41, 5.74) is 7.74. The van der Waals surface area contributed by atoms with Crippen molar-refractivity contribution in [3.8, 4) is 0 Å². The van der Waals surface area contributed by atoms with Crippen LogP contribution in [0.25, 0.3) is 10.8 Å². The molecule has 3 N–H and O–H groups in total. The van der Waals surface area contributed by atoms with Crippen molar-refractivity contribution in [1.29, 1.82) is 0 Å². The van der Waals surface area contributed by atoms with E-state index in [9.17, 15) is 14.4 Å². The molecule has 0 aliphatic heterocycles. The van der Waals surface area contributed by atoms with Crippen LogP contribution in [0, 0.1) is 0 Å². The van der Waals surface area contributed by atoms with E-state index in [1.807, 2.05) is 72.8 Å². The molecule has 0 unspecified atom stereocenters. The Morgan fingerprint density at radius 2 is 1.61 bits per heavy atom. The number of carbonyl (C=O) groups excluding carboxylic acids is 3. The molecule has 3 aromatic carbocycles. The van der Waals surface area contributed by atoms with Crippen LogP contribution in [-0.2, 0) is 32.1 Å². The Labute approximate surface area is 193 Å². The zero-order valence-electron chi connectivity index (χ0n) is 18.9. The quantitative estimate of drug-likeness (QED) is 0.491. The highest BCUT2D eigenvalue weighted by Gasteiger charge is 2.27. The number of carbonyl (C=O) groups is 3. The van der Waals surface area contributed by atoms with E-state index in [2.05, 4.69) is 5.32 Å². The number of ether oxygens (including phenoxy) is 1. The minimum atomic E-state index is -1.13. The lowest BCUT2D eigenvalue weighted by Crippen LogP contribution is -2.52. The maximum atomic E-state index is 12.8. The average molecular weight is 448 g/mol. The van der Waals surface area contributed by atoms with Crippen LogP contribution in [0.2, 0.25) is 0 Å². The zero-order chi connectivity index (χ0) is 23.8. The smallest absolute Gasteiger partial charge is 0.308 e. The summed E-state index contributed by atoms with van der Waals surface area (Å²) in [5.74, 6) is -1.41. The second kappa shape index (κ2) is 11.2. The van der Waals surface area contributed by atoms with Gasteiger partial charge in [-0.1, -0.05) is 72.8 Å². The molecule has 0 saturated carbocycles. The second-order valence-corrected chi connectivity index (χ2v) is 8.09. The molecule has 0 aromatic heterocycles. The van der Waals surface area contributed by atoms with Gasteiger partial charge in [-0.15, -0.1) is 0 Å². The largest absolute Gasteiger partial charge is 0.461 e. The predicted octanol–water partition coefficient (Wildman–Crippen LogP) is 2.42. The Kier molecular flexibility index (Phi) is 8.16. The van der Waals surface area contributed by atoms with Gasteiger partial charge in [-0.3, -0.25) is 14.4 Å². The molecule has 0 bridgehead atoms. The summed E-state index contributed by atoms with van der Waals surface area (Å²) in [7, 11) is 3.26. The van der Waals surface area contributed by atoms with Gasteiger partial charge in [-0.2, -0.15) is 0 Å². The minimum absolute atomic E-state index is 0.108. The number of amides is 2. The molecule has 7 heteroatoms. The summed E-state index contributed by atoms with van der Waals surface area (Å²) in [5, 5.41) is 4.79. The van der Waals surface area contributed by atoms with E-state index in [1.54, 1.807) is 14.1 Å². The Morgan fingerprint density at radius 3 is 2.33 bits per heavy atom. The molecule has 0 aliphatic rings. The van der Waals surface area contributed by atoms with Crippen molar-refractivity contribution in [3.05, 3.63) is 83.9 Å². The molecule has 0 fully saturated rings. The first kappa shape index (κ1) is 23.9. The monoisotopic (exact) mass is 447 g/mol. The molecule has 7 nitrogen and oxygen atoms in total. The van der Waals surface area contributed by atoms with Crippen LogP contribution in [0.3, 0.4) is 0 Å². The van der Waals surface area contributed by atoms with Crippen LogP contribution in [0.1, 0.15) is 17.5 Å². The summed E-state index contributed by atoms with van der Waals surface area (Å²) in [4.78, 5) is 39.1. The standard InChI is InChI=1S/C26H29N3O4/c1-29(2)26(32)23(15-20-13-8-12-19-11-6-7-14-21(19)20)28-25(31)22(27)16-24(30)33-17-18-9-4-3-5-10-18/h3-14,22-23H,15-17,27H2,1-2H3,(H,28,31)/t22-,23-/m0/s1. The van der Waals surface area contributed by atoms with Crippen LogP contribution >= 0.6 is 0 Å². The number of nitrogens with zero attached hydrogens (tertiary/aromatic N) is 1. The summed E-state index contributed by atoms with van der Waals surface area (Å²) >= 11 is 0. The third-order valence-electron chi connectivity index (χ3n) is 5.33. The molecule has 0 spiro atoms. The van der Waals surface area contributed by atoms with E-state index in [0.29, 0.717) is 6.42 Å². The third-order valence-corrected chi connectivity index (χ3v) is 5.33. The van der Waals surface area contributed by atoms with Crippen LogP contribution in [0.4, 0.5) is 0 Å². The van der Waals surface area contributed by atoms with Gasteiger partial charge in [-0.25, -0.2) is 0 Å². The normalized spacial score (nSPS) is 12.6. The predicted molar refractivity (Wildman–Crippen MR) is 127 cm³/mol. The second-order valence-electron chi connectivity index (χ2n) is 8.09. The van der Waals surface area contributed by atoms with E-state index in [1.165, 1.54) is 4.90 Å². The number of rotatable bonds is 9. The SMILES string of the molecule is CN(C)C(=O)[C@H](Cc1cccc2ccccc12)NC(=O)[C@@H](N)CC(=O)OCc1ccccc1. The van der Waals surface area contributed by atoms with Crippen molar-refractivity contribution in [2.24, 2.45) is 5.73 Å². The maximum absolute atomic E-state index is 12.8. The molecule has 2 atom stereocenters. The van der Waals surface area contributed by atoms with Gasteiger partial charge in [0.05, 0.1) is 12.5 Å². The fourth-order valence-electron chi connectivity index (χ4n) is 3.55.